The number of aryl methyl sites for hydroxylation is 1. The molecule has 0 bridgehead atoms. The minimum Gasteiger partial charge on any atom is -0.497 e. The minimum atomic E-state index is -0.438. The molecular weight excluding hydrogens is 332 g/mol. The molecule has 2 heterocycles. The van der Waals surface area contributed by atoms with Gasteiger partial charge in [0.2, 0.25) is 11.8 Å². The number of hydrogen-bond acceptors (Lipinski definition) is 4. The van der Waals surface area contributed by atoms with Crippen LogP contribution in [0.4, 0.5) is 0 Å². The van der Waals surface area contributed by atoms with Crippen LogP contribution in [0.3, 0.4) is 0 Å². The Kier molecular flexibility index (Phi) is 5.55. The summed E-state index contributed by atoms with van der Waals surface area (Å²) in [5, 5.41) is 4.15. The Hall–Kier alpha value is -2.83. The second-order valence-corrected chi connectivity index (χ2v) is 6.43. The predicted octanol–water partition coefficient (Wildman–Crippen LogP) is 1.54. The van der Waals surface area contributed by atoms with Crippen molar-refractivity contribution in [1.29, 1.82) is 0 Å². The number of methoxy groups -OCH3 is 1. The number of rotatable bonds is 7. The van der Waals surface area contributed by atoms with Crippen LogP contribution in [0.2, 0.25) is 0 Å². The summed E-state index contributed by atoms with van der Waals surface area (Å²) in [5.74, 6) is 0.747. The molecule has 7 nitrogen and oxygen atoms in total. The van der Waals surface area contributed by atoms with Gasteiger partial charge in [0, 0.05) is 32.0 Å². The molecule has 3 rings (SSSR count). The summed E-state index contributed by atoms with van der Waals surface area (Å²) in [6.07, 6.45) is 4.39. The van der Waals surface area contributed by atoms with E-state index in [0.717, 1.165) is 24.3 Å². The minimum absolute atomic E-state index is 0.00826. The largest absolute Gasteiger partial charge is 0.497 e. The summed E-state index contributed by atoms with van der Waals surface area (Å²) in [4.78, 5) is 28.5. The molecule has 2 amide bonds. The van der Waals surface area contributed by atoms with Gasteiger partial charge in [-0.1, -0.05) is 12.1 Å². The number of aromatic nitrogens is 2. The van der Waals surface area contributed by atoms with Crippen molar-refractivity contribution >= 4 is 11.8 Å². The molecule has 0 radical (unpaired) electrons. The van der Waals surface area contributed by atoms with Crippen molar-refractivity contribution in [2.45, 2.75) is 32.5 Å². The molecule has 1 aliphatic rings. The number of carbonyl (C=O) groups excluding carboxylic acids is 2. The highest BCUT2D eigenvalue weighted by Crippen LogP contribution is 2.18. The maximum atomic E-state index is 12.7. The number of benzene rings is 1. The zero-order chi connectivity index (χ0) is 18.5. The lowest BCUT2D eigenvalue weighted by atomic mass is 10.1. The van der Waals surface area contributed by atoms with Gasteiger partial charge in [0.15, 0.2) is 0 Å². The standard InChI is InChI=1S/C19H24N4O3/c1-15-19(25)21(13-16-5-7-17(26-2)8-6-16)14-18(24)23(15)12-4-11-22-10-3-9-20-22/h3,5-10,15H,4,11-14H2,1-2H3/t15-/m0/s1. The summed E-state index contributed by atoms with van der Waals surface area (Å²) in [6, 6.07) is 8.98. The van der Waals surface area contributed by atoms with Gasteiger partial charge in [-0.3, -0.25) is 14.3 Å². The molecule has 1 fully saturated rings. The highest BCUT2D eigenvalue weighted by atomic mass is 16.5. The Morgan fingerprint density at radius 2 is 1.96 bits per heavy atom. The number of ether oxygens (including phenoxy) is 1. The number of hydrogen-bond donors (Lipinski definition) is 0. The average Bonchev–Trinajstić information content (AvgIpc) is 3.16. The van der Waals surface area contributed by atoms with Gasteiger partial charge in [-0.05, 0) is 37.1 Å². The fourth-order valence-electron chi connectivity index (χ4n) is 3.18. The SMILES string of the molecule is COc1ccc(CN2CC(=O)N(CCCn3cccn3)[C@@H](C)C2=O)cc1. The van der Waals surface area contributed by atoms with Gasteiger partial charge in [-0.2, -0.15) is 5.10 Å². The molecule has 1 atom stereocenters. The van der Waals surface area contributed by atoms with E-state index >= 15 is 0 Å². The Morgan fingerprint density at radius 3 is 2.62 bits per heavy atom. The van der Waals surface area contributed by atoms with E-state index in [1.165, 1.54) is 0 Å². The molecule has 1 aliphatic heterocycles. The normalized spacial score (nSPS) is 17.7. The molecule has 2 aromatic rings. The third kappa shape index (κ3) is 4.04. The maximum Gasteiger partial charge on any atom is 0.245 e. The van der Waals surface area contributed by atoms with Gasteiger partial charge in [0.05, 0.1) is 7.11 Å². The third-order valence-electron chi connectivity index (χ3n) is 4.66. The monoisotopic (exact) mass is 356 g/mol. The molecule has 1 saturated heterocycles. The molecule has 0 unspecified atom stereocenters. The zero-order valence-electron chi connectivity index (χ0n) is 15.2. The number of carbonyl (C=O) groups is 2. The first-order valence-electron chi connectivity index (χ1n) is 8.77. The summed E-state index contributed by atoms with van der Waals surface area (Å²) < 4.78 is 6.98. The van der Waals surface area contributed by atoms with E-state index in [-0.39, 0.29) is 18.4 Å². The molecule has 26 heavy (non-hydrogen) atoms. The Labute approximate surface area is 153 Å². The Bertz CT molecular complexity index is 743. The van der Waals surface area contributed by atoms with E-state index in [9.17, 15) is 9.59 Å². The molecule has 138 valence electrons. The van der Waals surface area contributed by atoms with E-state index in [2.05, 4.69) is 5.10 Å². The van der Waals surface area contributed by atoms with Crippen LogP contribution in [-0.2, 0) is 22.7 Å². The lowest BCUT2D eigenvalue weighted by Gasteiger charge is -2.38. The van der Waals surface area contributed by atoms with Gasteiger partial charge in [0.1, 0.15) is 18.3 Å². The van der Waals surface area contributed by atoms with Crippen LogP contribution < -0.4 is 4.74 Å². The molecular formula is C19H24N4O3. The van der Waals surface area contributed by atoms with Gasteiger partial charge in [-0.25, -0.2) is 0 Å². The first-order valence-corrected chi connectivity index (χ1v) is 8.77. The lowest BCUT2D eigenvalue weighted by Crippen LogP contribution is -2.58. The fraction of sp³-hybridized carbons (Fsp3) is 0.421. The van der Waals surface area contributed by atoms with E-state index < -0.39 is 6.04 Å². The van der Waals surface area contributed by atoms with Crippen molar-refractivity contribution in [2.75, 3.05) is 20.2 Å². The van der Waals surface area contributed by atoms with E-state index in [0.29, 0.717) is 13.1 Å². The van der Waals surface area contributed by atoms with Crippen molar-refractivity contribution < 1.29 is 14.3 Å². The number of amides is 2. The highest BCUT2D eigenvalue weighted by Gasteiger charge is 2.35. The maximum absolute atomic E-state index is 12.7. The van der Waals surface area contributed by atoms with Crippen molar-refractivity contribution in [3.05, 3.63) is 48.3 Å². The van der Waals surface area contributed by atoms with E-state index in [4.69, 9.17) is 4.74 Å². The van der Waals surface area contributed by atoms with Crippen molar-refractivity contribution in [3.63, 3.8) is 0 Å². The van der Waals surface area contributed by atoms with Crippen LogP contribution in [0.1, 0.15) is 18.9 Å². The van der Waals surface area contributed by atoms with Crippen LogP contribution >= 0.6 is 0 Å². The topological polar surface area (TPSA) is 67.7 Å². The Morgan fingerprint density at radius 1 is 1.19 bits per heavy atom. The van der Waals surface area contributed by atoms with Crippen LogP contribution in [0, 0.1) is 0 Å². The van der Waals surface area contributed by atoms with Crippen LogP contribution in [0.15, 0.2) is 42.7 Å². The average molecular weight is 356 g/mol. The summed E-state index contributed by atoms with van der Waals surface area (Å²) >= 11 is 0. The van der Waals surface area contributed by atoms with Gasteiger partial charge in [0.25, 0.3) is 0 Å². The number of nitrogens with zero attached hydrogens (tertiary/aromatic N) is 4. The quantitative estimate of drug-likeness (QED) is 0.755. The molecule has 0 saturated carbocycles. The number of piperazine rings is 1. The second kappa shape index (κ2) is 8.03. The first-order chi connectivity index (χ1) is 12.6. The summed E-state index contributed by atoms with van der Waals surface area (Å²) in [5.41, 5.74) is 0.978. The van der Waals surface area contributed by atoms with Gasteiger partial charge < -0.3 is 14.5 Å². The first kappa shape index (κ1) is 18.0. The predicted molar refractivity (Wildman–Crippen MR) is 96.4 cm³/mol. The van der Waals surface area contributed by atoms with E-state index in [1.54, 1.807) is 30.0 Å². The van der Waals surface area contributed by atoms with Crippen LogP contribution in [0.25, 0.3) is 0 Å². The third-order valence-corrected chi connectivity index (χ3v) is 4.66. The smallest absolute Gasteiger partial charge is 0.245 e. The summed E-state index contributed by atoms with van der Waals surface area (Å²) in [7, 11) is 1.62. The Balaban J connectivity index is 1.57. The van der Waals surface area contributed by atoms with Gasteiger partial charge >= 0.3 is 0 Å². The van der Waals surface area contributed by atoms with Crippen LogP contribution in [-0.4, -0.2) is 57.6 Å². The van der Waals surface area contributed by atoms with Crippen LogP contribution in [0.5, 0.6) is 5.75 Å². The summed E-state index contributed by atoms with van der Waals surface area (Å²) in [6.45, 7) is 3.64. The lowest BCUT2D eigenvalue weighted by molar-refractivity contribution is -0.155. The van der Waals surface area contributed by atoms with Crippen molar-refractivity contribution in [2.24, 2.45) is 0 Å². The molecule has 0 N–H and O–H groups in total. The van der Waals surface area contributed by atoms with E-state index in [1.807, 2.05) is 41.2 Å². The molecule has 0 aliphatic carbocycles. The van der Waals surface area contributed by atoms with Gasteiger partial charge in [-0.15, -0.1) is 0 Å². The highest BCUT2D eigenvalue weighted by molar-refractivity contribution is 5.94. The fourth-order valence-corrected chi connectivity index (χ4v) is 3.18. The van der Waals surface area contributed by atoms with Crippen molar-refractivity contribution in [3.8, 4) is 5.75 Å². The zero-order valence-corrected chi connectivity index (χ0v) is 15.2. The molecule has 0 spiro atoms. The molecule has 7 heteroatoms. The van der Waals surface area contributed by atoms with Crippen molar-refractivity contribution in [1.82, 2.24) is 19.6 Å². The second-order valence-electron chi connectivity index (χ2n) is 6.43. The molecule has 1 aromatic carbocycles. The molecule has 1 aromatic heterocycles.